The molecule has 1 rings (SSSR count). The SMILES string of the molecule is COC(=O)[C@H](/C=C\CP(=O)(OC)OC)NC(=O)[C@H](CC(=O)OCc1ccccc1)NC(=O)OC(C)(C)C. The number of alkyl carbamates (subject to hydrolysis) is 1. The molecule has 206 valence electrons. The zero-order valence-electron chi connectivity index (χ0n) is 21.8. The number of rotatable bonds is 13. The number of esters is 2. The molecule has 0 radical (unpaired) electrons. The quantitative estimate of drug-likeness (QED) is 0.164. The Morgan fingerprint density at radius 3 is 2.16 bits per heavy atom. The van der Waals surface area contributed by atoms with Crippen molar-refractivity contribution in [3.63, 3.8) is 0 Å². The first-order valence-electron chi connectivity index (χ1n) is 11.3. The molecule has 0 aromatic heterocycles. The Bertz CT molecular complexity index is 983. The summed E-state index contributed by atoms with van der Waals surface area (Å²) in [7, 11) is 0.126. The van der Waals surface area contributed by atoms with Gasteiger partial charge in [-0.05, 0) is 26.3 Å². The summed E-state index contributed by atoms with van der Waals surface area (Å²) in [6.07, 6.45) is 0.870. The molecule has 0 aliphatic rings. The van der Waals surface area contributed by atoms with Crippen molar-refractivity contribution in [1.29, 1.82) is 0 Å². The molecular weight excluding hydrogens is 507 g/mol. The minimum Gasteiger partial charge on any atom is -0.467 e. The lowest BCUT2D eigenvalue weighted by Crippen LogP contribution is -2.52. The molecule has 37 heavy (non-hydrogen) atoms. The van der Waals surface area contributed by atoms with Gasteiger partial charge in [0.15, 0.2) is 0 Å². The van der Waals surface area contributed by atoms with Gasteiger partial charge in [0.05, 0.1) is 19.7 Å². The summed E-state index contributed by atoms with van der Waals surface area (Å²) in [4.78, 5) is 50.0. The van der Waals surface area contributed by atoms with Crippen LogP contribution in [0.3, 0.4) is 0 Å². The third kappa shape index (κ3) is 12.5. The lowest BCUT2D eigenvalue weighted by molar-refractivity contribution is -0.147. The molecule has 0 aliphatic carbocycles. The van der Waals surface area contributed by atoms with Crippen molar-refractivity contribution in [2.45, 2.75) is 51.5 Å². The standard InChI is InChI=1S/C24H35N2O10P/c1-24(2,3)36-23(30)26-19(15-20(27)35-16-17-11-8-7-9-12-17)21(28)25-18(22(29)32-4)13-10-14-37(31,33-5)34-6/h7-13,18-19H,14-16H2,1-6H3,(H,25,28)(H,26,30)/b13-10-/t18-,19-/m0/s1. The molecule has 0 aliphatic heterocycles. The summed E-state index contributed by atoms with van der Waals surface area (Å²) >= 11 is 0. The van der Waals surface area contributed by atoms with E-state index in [-0.39, 0.29) is 12.8 Å². The lowest BCUT2D eigenvalue weighted by atomic mass is 10.1. The smallest absolute Gasteiger partial charge is 0.408 e. The molecule has 0 spiro atoms. The number of nitrogens with one attached hydrogen (secondary N) is 2. The van der Waals surface area contributed by atoms with Crippen LogP contribution in [0.5, 0.6) is 0 Å². The van der Waals surface area contributed by atoms with Gasteiger partial charge in [-0.15, -0.1) is 0 Å². The van der Waals surface area contributed by atoms with Gasteiger partial charge in [-0.25, -0.2) is 9.59 Å². The molecule has 0 unspecified atom stereocenters. The molecule has 2 N–H and O–H groups in total. The minimum absolute atomic E-state index is 0.0347. The largest absolute Gasteiger partial charge is 0.467 e. The fourth-order valence-corrected chi connectivity index (χ4v) is 3.57. The number of carbonyl (C=O) groups excluding carboxylic acids is 4. The van der Waals surface area contributed by atoms with Gasteiger partial charge in [-0.3, -0.25) is 14.2 Å². The topological polar surface area (TPSA) is 156 Å². The fourth-order valence-electron chi connectivity index (χ4n) is 2.74. The highest BCUT2D eigenvalue weighted by Crippen LogP contribution is 2.46. The van der Waals surface area contributed by atoms with Crippen LogP contribution in [0.1, 0.15) is 32.8 Å². The van der Waals surface area contributed by atoms with E-state index in [0.717, 1.165) is 12.7 Å². The fraction of sp³-hybridized carbons (Fsp3) is 0.500. The van der Waals surface area contributed by atoms with Crippen LogP contribution in [0.4, 0.5) is 4.79 Å². The van der Waals surface area contributed by atoms with E-state index >= 15 is 0 Å². The van der Waals surface area contributed by atoms with Gasteiger partial charge in [-0.2, -0.15) is 0 Å². The molecule has 2 atom stereocenters. The van der Waals surface area contributed by atoms with E-state index in [4.69, 9.17) is 23.3 Å². The van der Waals surface area contributed by atoms with Crippen LogP contribution in [0, 0.1) is 0 Å². The Hall–Kier alpha value is -3.21. The molecule has 1 aromatic rings. The first kappa shape index (κ1) is 31.8. The Labute approximate surface area is 216 Å². The molecule has 0 saturated carbocycles. The van der Waals surface area contributed by atoms with Crippen molar-refractivity contribution in [1.82, 2.24) is 10.6 Å². The van der Waals surface area contributed by atoms with Gasteiger partial charge in [0.1, 0.15) is 24.3 Å². The number of carbonyl (C=O) groups is 4. The summed E-state index contributed by atoms with van der Waals surface area (Å²) in [5, 5.41) is 4.72. The number of benzene rings is 1. The summed E-state index contributed by atoms with van der Waals surface area (Å²) in [5.41, 5.74) is -0.135. The average molecular weight is 543 g/mol. The maximum atomic E-state index is 13.0. The van der Waals surface area contributed by atoms with Crippen molar-refractivity contribution in [3.8, 4) is 0 Å². The van der Waals surface area contributed by atoms with Crippen molar-refractivity contribution in [2.75, 3.05) is 27.5 Å². The van der Waals surface area contributed by atoms with Crippen molar-refractivity contribution in [3.05, 3.63) is 48.0 Å². The number of allylic oxidation sites excluding steroid dienone is 1. The van der Waals surface area contributed by atoms with Gasteiger partial charge < -0.3 is 33.9 Å². The number of amides is 2. The van der Waals surface area contributed by atoms with Gasteiger partial charge in [0, 0.05) is 14.2 Å². The predicted molar refractivity (Wildman–Crippen MR) is 134 cm³/mol. The van der Waals surface area contributed by atoms with E-state index in [1.807, 2.05) is 6.07 Å². The van der Waals surface area contributed by atoms with Gasteiger partial charge in [0.25, 0.3) is 0 Å². The van der Waals surface area contributed by atoms with E-state index in [0.29, 0.717) is 0 Å². The van der Waals surface area contributed by atoms with Gasteiger partial charge in [-0.1, -0.05) is 42.5 Å². The predicted octanol–water partition coefficient (Wildman–Crippen LogP) is 2.71. The molecule has 2 amide bonds. The Morgan fingerprint density at radius 1 is 1.00 bits per heavy atom. The Morgan fingerprint density at radius 2 is 1.62 bits per heavy atom. The van der Waals surface area contributed by atoms with Crippen molar-refractivity contribution >= 4 is 31.5 Å². The third-order valence-electron chi connectivity index (χ3n) is 4.59. The number of hydrogen-bond acceptors (Lipinski definition) is 10. The van der Waals surface area contributed by atoms with E-state index in [1.54, 1.807) is 45.0 Å². The molecule has 12 nitrogen and oxygen atoms in total. The van der Waals surface area contributed by atoms with Crippen LogP contribution in [0.25, 0.3) is 0 Å². The molecule has 0 heterocycles. The summed E-state index contributed by atoms with van der Waals surface area (Å²) in [5.74, 6) is -2.51. The van der Waals surface area contributed by atoms with Crippen LogP contribution >= 0.6 is 7.60 Å². The Kier molecular flexibility index (Phi) is 13.0. The summed E-state index contributed by atoms with van der Waals surface area (Å²) < 4.78 is 37.0. The normalized spacial score (nSPS) is 13.4. The van der Waals surface area contributed by atoms with Crippen LogP contribution in [-0.2, 0) is 48.8 Å². The average Bonchev–Trinajstić information content (AvgIpc) is 2.85. The van der Waals surface area contributed by atoms with Crippen LogP contribution in [-0.4, -0.2) is 69.1 Å². The van der Waals surface area contributed by atoms with Crippen LogP contribution < -0.4 is 10.6 Å². The Balaban J connectivity index is 3.00. The molecular formula is C24H35N2O10P. The maximum absolute atomic E-state index is 13.0. The van der Waals surface area contributed by atoms with Crippen molar-refractivity contribution < 1.29 is 47.0 Å². The third-order valence-corrected chi connectivity index (χ3v) is 6.36. The van der Waals surface area contributed by atoms with E-state index in [2.05, 4.69) is 10.6 Å². The highest BCUT2D eigenvalue weighted by Gasteiger charge is 2.30. The first-order valence-corrected chi connectivity index (χ1v) is 13.0. The molecule has 13 heteroatoms. The zero-order chi connectivity index (χ0) is 28.1. The summed E-state index contributed by atoms with van der Waals surface area (Å²) in [6.45, 7) is 4.86. The summed E-state index contributed by atoms with van der Waals surface area (Å²) in [6, 6.07) is 6.12. The van der Waals surface area contributed by atoms with Gasteiger partial charge in [0.2, 0.25) is 5.91 Å². The first-order chi connectivity index (χ1) is 17.3. The van der Waals surface area contributed by atoms with E-state index < -0.39 is 55.6 Å². The van der Waals surface area contributed by atoms with Crippen molar-refractivity contribution in [2.24, 2.45) is 0 Å². The monoisotopic (exact) mass is 542 g/mol. The molecule has 1 aromatic carbocycles. The van der Waals surface area contributed by atoms with E-state index in [1.165, 1.54) is 26.4 Å². The second kappa shape index (κ2) is 15.1. The lowest BCUT2D eigenvalue weighted by Gasteiger charge is -2.24. The van der Waals surface area contributed by atoms with E-state index in [9.17, 15) is 23.7 Å². The number of methoxy groups -OCH3 is 1. The minimum atomic E-state index is -3.41. The second-order valence-corrected chi connectivity index (χ2v) is 11.0. The highest BCUT2D eigenvalue weighted by molar-refractivity contribution is 7.54. The molecule has 0 saturated heterocycles. The number of ether oxygens (including phenoxy) is 3. The van der Waals surface area contributed by atoms with Gasteiger partial charge >= 0.3 is 25.6 Å². The highest BCUT2D eigenvalue weighted by atomic mass is 31.2. The zero-order valence-corrected chi connectivity index (χ0v) is 22.7. The molecule has 0 bridgehead atoms. The molecule has 0 fully saturated rings. The maximum Gasteiger partial charge on any atom is 0.408 e. The second-order valence-electron chi connectivity index (χ2n) is 8.65. The van der Waals surface area contributed by atoms with Crippen LogP contribution in [0.2, 0.25) is 0 Å². The number of hydrogen-bond donors (Lipinski definition) is 2. The van der Waals surface area contributed by atoms with Crippen LogP contribution in [0.15, 0.2) is 42.5 Å².